The Morgan fingerprint density at radius 1 is 1.42 bits per heavy atom. The Kier molecular flexibility index (Phi) is 9.38. The summed E-state index contributed by atoms with van der Waals surface area (Å²) in [4.78, 5) is 15.2. The molecule has 1 aromatic rings. The number of nitrogens with zero attached hydrogens (tertiary/aromatic N) is 3. The van der Waals surface area contributed by atoms with Crippen LogP contribution in [0.1, 0.15) is 38.2 Å². The van der Waals surface area contributed by atoms with Gasteiger partial charge in [0.05, 0.1) is 12.1 Å². The average molecular weight is 406 g/mol. The van der Waals surface area contributed by atoms with Crippen LogP contribution < -0.4 is 10.6 Å². The standard InChI is InChI=1S/C18H31N5O.2ClH/c1-13-5-4-6-23(11-13)14(2)7-20-18(24)17-10-19-9-16(17)15-8-21-22(3)12-15;;/h8,12-14,16-17,19H,4-7,9-11H2,1-3H3,(H,20,24);2*1H/t13?,14?,16-,17+;;/m1../s1. The SMILES string of the molecule is CC1CCCN(C(C)CNC(=O)[C@H]2CNC[C@@H]2c2cnn(C)c2)C1.Cl.Cl. The Bertz CT molecular complexity index is 568. The summed E-state index contributed by atoms with van der Waals surface area (Å²) in [6, 6.07) is 0.405. The molecule has 0 aromatic carbocycles. The van der Waals surface area contributed by atoms with E-state index in [1.165, 1.54) is 12.8 Å². The number of carbonyl (C=O) groups excluding carboxylic acids is 1. The van der Waals surface area contributed by atoms with E-state index in [2.05, 4.69) is 34.5 Å². The molecule has 0 aliphatic carbocycles. The smallest absolute Gasteiger partial charge is 0.225 e. The molecule has 150 valence electrons. The van der Waals surface area contributed by atoms with Crippen LogP contribution in [0.15, 0.2) is 12.4 Å². The van der Waals surface area contributed by atoms with Crippen LogP contribution in [0.25, 0.3) is 0 Å². The Labute approximate surface area is 169 Å². The molecular formula is C18H33Cl2N5O. The molecule has 2 aliphatic rings. The van der Waals surface area contributed by atoms with Crippen molar-refractivity contribution in [1.29, 1.82) is 0 Å². The molecule has 6 nitrogen and oxygen atoms in total. The Morgan fingerprint density at radius 2 is 2.19 bits per heavy atom. The minimum atomic E-state index is 0. The molecule has 0 spiro atoms. The molecule has 4 atom stereocenters. The van der Waals surface area contributed by atoms with E-state index in [4.69, 9.17) is 0 Å². The molecule has 0 bridgehead atoms. The summed E-state index contributed by atoms with van der Waals surface area (Å²) in [6.07, 6.45) is 6.51. The molecular weight excluding hydrogens is 373 g/mol. The molecule has 1 amide bonds. The first-order chi connectivity index (χ1) is 11.5. The summed E-state index contributed by atoms with van der Waals surface area (Å²) >= 11 is 0. The zero-order valence-corrected chi connectivity index (χ0v) is 17.6. The van der Waals surface area contributed by atoms with Crippen molar-refractivity contribution in [2.24, 2.45) is 18.9 Å². The topological polar surface area (TPSA) is 62.2 Å². The van der Waals surface area contributed by atoms with Crippen molar-refractivity contribution in [3.63, 3.8) is 0 Å². The minimum Gasteiger partial charge on any atom is -0.354 e. The van der Waals surface area contributed by atoms with E-state index in [9.17, 15) is 4.79 Å². The average Bonchev–Trinajstić information content (AvgIpc) is 3.20. The van der Waals surface area contributed by atoms with Crippen LogP contribution >= 0.6 is 24.8 Å². The van der Waals surface area contributed by atoms with E-state index in [1.54, 1.807) is 0 Å². The van der Waals surface area contributed by atoms with Gasteiger partial charge in [-0.25, -0.2) is 0 Å². The van der Waals surface area contributed by atoms with Gasteiger partial charge >= 0.3 is 0 Å². The van der Waals surface area contributed by atoms with Crippen molar-refractivity contribution in [3.05, 3.63) is 18.0 Å². The fraction of sp³-hybridized carbons (Fsp3) is 0.778. The molecule has 26 heavy (non-hydrogen) atoms. The van der Waals surface area contributed by atoms with E-state index < -0.39 is 0 Å². The van der Waals surface area contributed by atoms with Gasteiger partial charge in [-0.3, -0.25) is 14.4 Å². The van der Waals surface area contributed by atoms with Crippen LogP contribution in [0.4, 0.5) is 0 Å². The molecule has 2 saturated heterocycles. The lowest BCUT2D eigenvalue weighted by Crippen LogP contribution is -2.47. The van der Waals surface area contributed by atoms with E-state index in [1.807, 2.05) is 24.1 Å². The third kappa shape index (κ3) is 5.59. The summed E-state index contributed by atoms with van der Waals surface area (Å²) in [7, 11) is 1.92. The van der Waals surface area contributed by atoms with Gasteiger partial charge in [0.15, 0.2) is 0 Å². The molecule has 3 rings (SSSR count). The molecule has 3 heterocycles. The van der Waals surface area contributed by atoms with Crippen molar-refractivity contribution in [2.75, 3.05) is 32.7 Å². The highest BCUT2D eigenvalue weighted by Crippen LogP contribution is 2.28. The largest absolute Gasteiger partial charge is 0.354 e. The van der Waals surface area contributed by atoms with E-state index >= 15 is 0 Å². The third-order valence-corrected chi connectivity index (χ3v) is 5.59. The Balaban J connectivity index is 0.00000169. The number of rotatable bonds is 5. The molecule has 2 aliphatic heterocycles. The summed E-state index contributed by atoms with van der Waals surface area (Å²) in [6.45, 7) is 9.19. The van der Waals surface area contributed by atoms with Crippen molar-refractivity contribution < 1.29 is 4.79 Å². The zero-order chi connectivity index (χ0) is 17.1. The molecule has 0 radical (unpaired) electrons. The second kappa shape index (κ2) is 10.5. The number of likely N-dealkylation sites (tertiary alicyclic amines) is 1. The number of hydrogen-bond acceptors (Lipinski definition) is 4. The summed E-state index contributed by atoms with van der Waals surface area (Å²) < 4.78 is 1.81. The van der Waals surface area contributed by atoms with Crippen LogP contribution in [0.3, 0.4) is 0 Å². The number of halogens is 2. The molecule has 0 saturated carbocycles. The molecule has 1 aromatic heterocycles. The number of nitrogens with one attached hydrogen (secondary N) is 2. The van der Waals surface area contributed by atoms with Gasteiger partial charge in [-0.1, -0.05) is 6.92 Å². The highest BCUT2D eigenvalue weighted by atomic mass is 35.5. The lowest BCUT2D eigenvalue weighted by molar-refractivity contribution is -0.125. The highest BCUT2D eigenvalue weighted by molar-refractivity contribution is 5.85. The van der Waals surface area contributed by atoms with Gasteiger partial charge < -0.3 is 10.6 Å². The first-order valence-electron chi connectivity index (χ1n) is 9.25. The molecule has 8 heteroatoms. The highest BCUT2D eigenvalue weighted by Gasteiger charge is 2.34. The zero-order valence-electron chi connectivity index (χ0n) is 16.0. The maximum atomic E-state index is 12.7. The lowest BCUT2D eigenvalue weighted by atomic mass is 9.90. The van der Waals surface area contributed by atoms with Crippen molar-refractivity contribution in [1.82, 2.24) is 25.3 Å². The van der Waals surface area contributed by atoms with Crippen LogP contribution in [0.2, 0.25) is 0 Å². The van der Waals surface area contributed by atoms with Gasteiger partial charge in [-0.15, -0.1) is 24.8 Å². The monoisotopic (exact) mass is 405 g/mol. The van der Waals surface area contributed by atoms with E-state index in [0.717, 1.165) is 44.2 Å². The minimum absolute atomic E-state index is 0. The predicted molar refractivity (Wildman–Crippen MR) is 109 cm³/mol. The second-order valence-corrected chi connectivity index (χ2v) is 7.66. The van der Waals surface area contributed by atoms with Crippen molar-refractivity contribution in [2.45, 2.75) is 38.6 Å². The predicted octanol–water partition coefficient (Wildman–Crippen LogP) is 1.80. The van der Waals surface area contributed by atoms with Gasteiger partial charge in [0.2, 0.25) is 5.91 Å². The fourth-order valence-corrected chi connectivity index (χ4v) is 4.07. The van der Waals surface area contributed by atoms with Crippen molar-refractivity contribution >= 4 is 30.7 Å². The quantitative estimate of drug-likeness (QED) is 0.783. The normalized spacial score (nSPS) is 27.3. The summed E-state index contributed by atoms with van der Waals surface area (Å²) in [5.74, 6) is 1.17. The Hall–Kier alpha value is -0.820. The lowest BCUT2D eigenvalue weighted by Gasteiger charge is -2.35. The summed E-state index contributed by atoms with van der Waals surface area (Å²) in [5.41, 5.74) is 1.15. The second-order valence-electron chi connectivity index (χ2n) is 7.66. The van der Waals surface area contributed by atoms with Gasteiger partial charge in [0, 0.05) is 51.4 Å². The van der Waals surface area contributed by atoms with Crippen molar-refractivity contribution in [3.8, 4) is 0 Å². The van der Waals surface area contributed by atoms with Gasteiger partial charge in [0.1, 0.15) is 0 Å². The van der Waals surface area contributed by atoms with E-state index in [0.29, 0.717) is 6.04 Å². The van der Waals surface area contributed by atoms with Crippen LogP contribution in [-0.2, 0) is 11.8 Å². The number of amides is 1. The van der Waals surface area contributed by atoms with E-state index in [-0.39, 0.29) is 42.6 Å². The van der Waals surface area contributed by atoms with Crippen LogP contribution in [-0.4, -0.2) is 59.4 Å². The number of carbonyl (C=O) groups is 1. The fourth-order valence-electron chi connectivity index (χ4n) is 4.07. The maximum absolute atomic E-state index is 12.7. The van der Waals surface area contributed by atoms with Gasteiger partial charge in [-0.05, 0) is 37.8 Å². The number of hydrogen-bond donors (Lipinski definition) is 2. The number of piperidine rings is 1. The molecule has 2 unspecified atom stereocenters. The van der Waals surface area contributed by atoms with Crippen LogP contribution in [0, 0.1) is 11.8 Å². The Morgan fingerprint density at radius 3 is 2.85 bits per heavy atom. The maximum Gasteiger partial charge on any atom is 0.225 e. The first kappa shape index (κ1) is 23.2. The molecule has 2 fully saturated rings. The van der Waals surface area contributed by atoms with Gasteiger partial charge in [0.25, 0.3) is 0 Å². The first-order valence-corrected chi connectivity index (χ1v) is 9.25. The van der Waals surface area contributed by atoms with Gasteiger partial charge in [-0.2, -0.15) is 5.10 Å². The third-order valence-electron chi connectivity index (χ3n) is 5.59. The summed E-state index contributed by atoms with van der Waals surface area (Å²) in [5, 5.41) is 10.8. The molecule has 2 N–H and O–H groups in total. The van der Waals surface area contributed by atoms with Crippen LogP contribution in [0.5, 0.6) is 0 Å². The number of aromatic nitrogens is 2. The number of aryl methyl sites for hydroxylation is 1.